The van der Waals surface area contributed by atoms with Crippen LogP contribution in [0.5, 0.6) is 0 Å². The van der Waals surface area contributed by atoms with Gasteiger partial charge >= 0.3 is 0 Å². The molecule has 1 N–H and O–H groups in total. The van der Waals surface area contributed by atoms with Crippen LogP contribution in [0.15, 0.2) is 66.9 Å². The molecule has 0 radical (unpaired) electrons. The number of para-hydroxylation sites is 1. The van der Waals surface area contributed by atoms with Crippen LogP contribution in [0.1, 0.15) is 16.1 Å². The molecule has 2 aromatic carbocycles. The predicted molar refractivity (Wildman–Crippen MR) is 116 cm³/mol. The van der Waals surface area contributed by atoms with Gasteiger partial charge in [-0.25, -0.2) is 9.07 Å². The average Bonchev–Trinajstić information content (AvgIpc) is 3.09. The number of rotatable bonds is 4. The molecule has 0 aliphatic heterocycles. The van der Waals surface area contributed by atoms with E-state index in [1.54, 1.807) is 10.7 Å². The molecule has 8 heteroatoms. The van der Waals surface area contributed by atoms with Crippen molar-refractivity contribution in [2.24, 2.45) is 0 Å². The van der Waals surface area contributed by atoms with Crippen molar-refractivity contribution in [1.82, 2.24) is 14.8 Å². The van der Waals surface area contributed by atoms with E-state index in [2.05, 4.69) is 15.4 Å². The van der Waals surface area contributed by atoms with Crippen LogP contribution in [0.4, 0.5) is 10.2 Å². The third-order valence-electron chi connectivity index (χ3n) is 4.39. The van der Waals surface area contributed by atoms with Crippen molar-refractivity contribution in [2.45, 2.75) is 6.92 Å². The maximum Gasteiger partial charge on any atom is 0.258 e. The highest BCUT2D eigenvalue weighted by Gasteiger charge is 2.19. The molecular formula is C22H15Cl2FN4O. The van der Waals surface area contributed by atoms with Crippen LogP contribution in [-0.4, -0.2) is 20.7 Å². The summed E-state index contributed by atoms with van der Waals surface area (Å²) in [6, 6.07) is 16.7. The van der Waals surface area contributed by atoms with Crippen molar-refractivity contribution in [3.05, 3.63) is 94.0 Å². The van der Waals surface area contributed by atoms with Crippen LogP contribution in [-0.2, 0) is 0 Å². The third kappa shape index (κ3) is 3.92. The molecule has 2 aromatic heterocycles. The number of pyridine rings is 1. The van der Waals surface area contributed by atoms with E-state index in [1.165, 1.54) is 30.5 Å². The van der Waals surface area contributed by atoms with E-state index < -0.39 is 11.7 Å². The lowest BCUT2D eigenvalue weighted by Crippen LogP contribution is -2.16. The van der Waals surface area contributed by atoms with Gasteiger partial charge < -0.3 is 5.32 Å². The molecule has 0 saturated heterocycles. The molecule has 150 valence electrons. The summed E-state index contributed by atoms with van der Waals surface area (Å²) in [6.45, 7) is 1.83. The largest absolute Gasteiger partial charge is 0.306 e. The molecular weight excluding hydrogens is 426 g/mol. The summed E-state index contributed by atoms with van der Waals surface area (Å²) in [4.78, 5) is 17.0. The molecule has 2 heterocycles. The average molecular weight is 441 g/mol. The Balaban J connectivity index is 1.72. The summed E-state index contributed by atoms with van der Waals surface area (Å²) in [5, 5.41) is 7.58. The molecule has 30 heavy (non-hydrogen) atoms. The Hall–Kier alpha value is -3.22. The molecule has 0 saturated carbocycles. The highest BCUT2D eigenvalue weighted by atomic mass is 35.5. The first-order chi connectivity index (χ1) is 14.4. The topological polar surface area (TPSA) is 59.8 Å². The maximum atomic E-state index is 14.2. The van der Waals surface area contributed by atoms with E-state index in [-0.39, 0.29) is 26.9 Å². The summed E-state index contributed by atoms with van der Waals surface area (Å²) in [6.07, 6.45) is 1.45. The van der Waals surface area contributed by atoms with Crippen LogP contribution in [0, 0.1) is 12.7 Å². The van der Waals surface area contributed by atoms with E-state index in [9.17, 15) is 9.18 Å². The van der Waals surface area contributed by atoms with Crippen LogP contribution in [0.3, 0.4) is 0 Å². The Morgan fingerprint density at radius 1 is 1.03 bits per heavy atom. The highest BCUT2D eigenvalue weighted by Crippen LogP contribution is 2.33. The van der Waals surface area contributed by atoms with Crippen molar-refractivity contribution in [2.75, 3.05) is 5.32 Å². The van der Waals surface area contributed by atoms with Gasteiger partial charge in [-0.2, -0.15) is 5.10 Å². The summed E-state index contributed by atoms with van der Waals surface area (Å²) in [7, 11) is 0. The summed E-state index contributed by atoms with van der Waals surface area (Å²) in [5.74, 6) is -0.558. The lowest BCUT2D eigenvalue weighted by atomic mass is 10.1. The number of aryl methyl sites for hydroxylation is 1. The first-order valence-electron chi connectivity index (χ1n) is 8.97. The number of carbonyl (C=O) groups excluding carboxylic acids is 1. The Morgan fingerprint density at radius 3 is 2.53 bits per heavy atom. The molecule has 0 spiro atoms. The second-order valence-corrected chi connectivity index (χ2v) is 7.33. The lowest BCUT2D eigenvalue weighted by molar-refractivity contribution is 0.102. The second kappa shape index (κ2) is 8.26. The van der Waals surface area contributed by atoms with Gasteiger partial charge in [0.25, 0.3) is 5.91 Å². The minimum absolute atomic E-state index is 0.0402. The molecule has 0 unspecified atom stereocenters. The van der Waals surface area contributed by atoms with Gasteiger partial charge in [0.05, 0.1) is 27.0 Å². The van der Waals surface area contributed by atoms with E-state index in [0.29, 0.717) is 5.82 Å². The van der Waals surface area contributed by atoms with Gasteiger partial charge in [-0.3, -0.25) is 9.78 Å². The zero-order chi connectivity index (χ0) is 21.3. The number of benzene rings is 2. The number of hydrogen-bond acceptors (Lipinski definition) is 3. The van der Waals surface area contributed by atoms with Gasteiger partial charge in [-0.1, -0.05) is 41.4 Å². The number of nitrogens with one attached hydrogen (secondary N) is 1. The monoisotopic (exact) mass is 440 g/mol. The standard InChI is InChI=1S/C22H15Cl2FN4O/c1-13-10-20(29(28-13)14-6-3-2-4-7-14)27-22(30)16-11-15(17(23)12-18(16)24)21-19(25)8-5-9-26-21/h2-12H,1H3,(H,27,30). The van der Waals surface area contributed by atoms with Crippen molar-refractivity contribution >= 4 is 34.9 Å². The molecule has 0 aliphatic rings. The van der Waals surface area contributed by atoms with Crippen molar-refractivity contribution in [1.29, 1.82) is 0 Å². The van der Waals surface area contributed by atoms with E-state index >= 15 is 0 Å². The normalized spacial score (nSPS) is 10.8. The van der Waals surface area contributed by atoms with E-state index in [1.807, 2.05) is 37.3 Å². The lowest BCUT2D eigenvalue weighted by Gasteiger charge is -2.12. The van der Waals surface area contributed by atoms with Crippen LogP contribution < -0.4 is 5.32 Å². The fraction of sp³-hybridized carbons (Fsp3) is 0.0455. The number of amides is 1. The predicted octanol–water partition coefficient (Wildman–Crippen LogP) is 5.94. The SMILES string of the molecule is Cc1cc(NC(=O)c2cc(-c3ncccc3F)c(Cl)cc2Cl)n(-c2ccccc2)n1. The molecule has 1 amide bonds. The van der Waals surface area contributed by atoms with Gasteiger partial charge in [0, 0.05) is 17.8 Å². The van der Waals surface area contributed by atoms with Crippen molar-refractivity contribution in [3.8, 4) is 16.9 Å². The molecule has 4 rings (SSSR count). The number of halogens is 3. The van der Waals surface area contributed by atoms with Gasteiger partial charge in [0.2, 0.25) is 0 Å². The van der Waals surface area contributed by atoms with Gasteiger partial charge in [0.15, 0.2) is 0 Å². The first-order valence-corrected chi connectivity index (χ1v) is 9.73. The smallest absolute Gasteiger partial charge is 0.258 e. The number of carbonyl (C=O) groups is 1. The number of nitrogens with zero attached hydrogens (tertiary/aromatic N) is 3. The van der Waals surface area contributed by atoms with Gasteiger partial charge in [-0.05, 0) is 43.3 Å². The molecule has 5 nitrogen and oxygen atoms in total. The van der Waals surface area contributed by atoms with Crippen LogP contribution in [0.25, 0.3) is 16.9 Å². The molecule has 4 aromatic rings. The zero-order valence-electron chi connectivity index (χ0n) is 15.7. The van der Waals surface area contributed by atoms with Crippen LogP contribution in [0.2, 0.25) is 10.0 Å². The van der Waals surface area contributed by atoms with Gasteiger partial charge in [-0.15, -0.1) is 0 Å². The summed E-state index contributed by atoms with van der Waals surface area (Å²) >= 11 is 12.5. The Bertz CT molecular complexity index is 1240. The Morgan fingerprint density at radius 2 is 1.80 bits per heavy atom. The zero-order valence-corrected chi connectivity index (χ0v) is 17.2. The Labute approximate surface area is 182 Å². The number of aromatic nitrogens is 3. The maximum absolute atomic E-state index is 14.2. The van der Waals surface area contributed by atoms with E-state index in [4.69, 9.17) is 23.2 Å². The Kier molecular flexibility index (Phi) is 5.53. The van der Waals surface area contributed by atoms with Crippen molar-refractivity contribution < 1.29 is 9.18 Å². The minimum Gasteiger partial charge on any atom is -0.306 e. The first kappa shape index (κ1) is 20.1. The second-order valence-electron chi connectivity index (χ2n) is 6.52. The molecule has 0 fully saturated rings. The minimum atomic E-state index is -0.550. The summed E-state index contributed by atoms with van der Waals surface area (Å²) in [5.41, 5.74) is 1.97. The third-order valence-corrected chi connectivity index (χ3v) is 5.01. The molecule has 0 bridgehead atoms. The highest BCUT2D eigenvalue weighted by molar-refractivity contribution is 6.38. The molecule has 0 aliphatic carbocycles. The van der Waals surface area contributed by atoms with Crippen LogP contribution >= 0.6 is 23.2 Å². The summed E-state index contributed by atoms with van der Waals surface area (Å²) < 4.78 is 15.8. The molecule has 0 atom stereocenters. The van der Waals surface area contributed by atoms with Gasteiger partial charge in [0.1, 0.15) is 17.3 Å². The number of hydrogen-bond donors (Lipinski definition) is 1. The fourth-order valence-electron chi connectivity index (χ4n) is 3.03. The fourth-order valence-corrected chi connectivity index (χ4v) is 3.59. The quantitative estimate of drug-likeness (QED) is 0.426. The van der Waals surface area contributed by atoms with Crippen molar-refractivity contribution in [3.63, 3.8) is 0 Å². The number of anilines is 1. The van der Waals surface area contributed by atoms with E-state index in [0.717, 1.165) is 11.4 Å².